The van der Waals surface area contributed by atoms with Crippen molar-refractivity contribution in [1.82, 2.24) is 30.1 Å². The van der Waals surface area contributed by atoms with Gasteiger partial charge in [0.15, 0.2) is 0 Å². The first-order chi connectivity index (χ1) is 15.0. The second kappa shape index (κ2) is 7.86. The van der Waals surface area contributed by atoms with Crippen LogP contribution in [0.15, 0.2) is 36.5 Å². The normalized spacial score (nSPS) is 19.8. The first kappa shape index (κ1) is 19.8. The van der Waals surface area contributed by atoms with E-state index in [2.05, 4.69) is 30.7 Å². The monoisotopic (exact) mass is 460 g/mol. The van der Waals surface area contributed by atoms with Gasteiger partial charge in [0.25, 0.3) is 0 Å². The van der Waals surface area contributed by atoms with Crippen LogP contribution >= 0.6 is 23.2 Å². The van der Waals surface area contributed by atoms with Gasteiger partial charge in [-0.15, -0.1) is 0 Å². The minimum Gasteiger partial charge on any atom is -0.465 e. The van der Waals surface area contributed by atoms with Crippen LogP contribution < -0.4 is 10.2 Å². The van der Waals surface area contributed by atoms with Gasteiger partial charge in [0, 0.05) is 43.9 Å². The van der Waals surface area contributed by atoms with Crippen LogP contribution in [0.4, 0.5) is 16.6 Å². The van der Waals surface area contributed by atoms with Crippen LogP contribution in [0, 0.1) is 5.92 Å². The smallest absolute Gasteiger partial charge is 0.407 e. The molecule has 0 bridgehead atoms. The SMILES string of the molecule is O=C(O)N1CC2CN(c3ncccc3CNc3nnnn3-c3cccc(Cl)c3Cl)C2C1. The molecule has 160 valence electrons. The molecule has 0 spiro atoms. The summed E-state index contributed by atoms with van der Waals surface area (Å²) in [6, 6.07) is 9.25. The molecule has 1 amide bonds. The zero-order chi connectivity index (χ0) is 21.5. The summed E-state index contributed by atoms with van der Waals surface area (Å²) >= 11 is 12.4. The van der Waals surface area contributed by atoms with Crippen molar-refractivity contribution in [2.45, 2.75) is 12.6 Å². The number of likely N-dealkylation sites (tertiary alicyclic amines) is 1. The molecule has 1 aromatic carbocycles. The Balaban J connectivity index is 1.34. The lowest BCUT2D eigenvalue weighted by Crippen LogP contribution is -2.56. The third-order valence-electron chi connectivity index (χ3n) is 5.71. The van der Waals surface area contributed by atoms with Crippen LogP contribution in [-0.4, -0.2) is 67.0 Å². The molecule has 2 aliphatic rings. The molecule has 2 N–H and O–H groups in total. The highest BCUT2D eigenvalue weighted by atomic mass is 35.5. The number of hydrogen-bond donors (Lipinski definition) is 2. The van der Waals surface area contributed by atoms with E-state index in [1.165, 1.54) is 9.58 Å². The van der Waals surface area contributed by atoms with E-state index in [0.29, 0.717) is 47.2 Å². The maximum absolute atomic E-state index is 11.3. The predicted molar refractivity (Wildman–Crippen MR) is 115 cm³/mol. The topological polar surface area (TPSA) is 112 Å². The van der Waals surface area contributed by atoms with E-state index in [-0.39, 0.29) is 6.04 Å². The number of carbonyl (C=O) groups is 1. The molecule has 10 nitrogen and oxygen atoms in total. The summed E-state index contributed by atoms with van der Waals surface area (Å²) in [6.07, 6.45) is 0.870. The first-order valence-corrected chi connectivity index (χ1v) is 10.4. The highest BCUT2D eigenvalue weighted by Gasteiger charge is 2.48. The van der Waals surface area contributed by atoms with Crippen molar-refractivity contribution in [2.24, 2.45) is 5.92 Å². The summed E-state index contributed by atoms with van der Waals surface area (Å²) < 4.78 is 1.49. The molecule has 2 saturated heterocycles. The van der Waals surface area contributed by atoms with Crippen LogP contribution in [-0.2, 0) is 6.54 Å². The number of rotatable bonds is 5. The third-order valence-corrected chi connectivity index (χ3v) is 6.52. The lowest BCUT2D eigenvalue weighted by atomic mass is 9.91. The molecule has 2 atom stereocenters. The Hall–Kier alpha value is -3.11. The van der Waals surface area contributed by atoms with E-state index in [1.807, 2.05) is 12.1 Å². The van der Waals surface area contributed by atoms with Crippen molar-refractivity contribution < 1.29 is 9.90 Å². The Morgan fingerprint density at radius 1 is 1.19 bits per heavy atom. The molecule has 5 rings (SSSR count). The Kier molecular flexibility index (Phi) is 5.03. The third kappa shape index (κ3) is 3.51. The number of aromatic nitrogens is 5. The molecule has 2 aromatic heterocycles. The maximum Gasteiger partial charge on any atom is 0.407 e. The fraction of sp³-hybridized carbons (Fsp3) is 0.316. The molecule has 0 saturated carbocycles. The lowest BCUT2D eigenvalue weighted by Gasteiger charge is -2.45. The second-order valence-corrected chi connectivity index (χ2v) is 8.28. The highest BCUT2D eigenvalue weighted by Crippen LogP contribution is 2.37. The van der Waals surface area contributed by atoms with Gasteiger partial charge >= 0.3 is 6.09 Å². The quantitative estimate of drug-likeness (QED) is 0.597. The van der Waals surface area contributed by atoms with E-state index in [9.17, 15) is 9.90 Å². The summed E-state index contributed by atoms with van der Waals surface area (Å²) in [6.45, 7) is 2.29. The predicted octanol–water partition coefficient (Wildman–Crippen LogP) is 2.77. The van der Waals surface area contributed by atoms with Crippen LogP contribution in [0.1, 0.15) is 5.56 Å². The number of nitrogens with zero attached hydrogens (tertiary/aromatic N) is 7. The largest absolute Gasteiger partial charge is 0.465 e. The second-order valence-electron chi connectivity index (χ2n) is 7.49. The molecule has 2 unspecified atom stereocenters. The average molecular weight is 461 g/mol. The van der Waals surface area contributed by atoms with Crippen molar-refractivity contribution in [2.75, 3.05) is 29.9 Å². The minimum absolute atomic E-state index is 0.153. The van der Waals surface area contributed by atoms with Gasteiger partial charge in [-0.1, -0.05) is 40.4 Å². The number of nitrogens with one attached hydrogen (secondary N) is 1. The van der Waals surface area contributed by atoms with E-state index in [4.69, 9.17) is 23.2 Å². The number of hydrogen-bond acceptors (Lipinski definition) is 7. The van der Waals surface area contributed by atoms with Crippen molar-refractivity contribution in [1.29, 1.82) is 0 Å². The maximum atomic E-state index is 11.3. The number of amides is 1. The van der Waals surface area contributed by atoms with Crippen molar-refractivity contribution in [3.8, 4) is 5.69 Å². The minimum atomic E-state index is -0.872. The standard InChI is InChI=1S/C19H18Cl2N8O2/c20-13-4-1-5-14(16(13)21)29-18(24-25-26-29)23-7-11-3-2-6-22-17(11)28-9-12-8-27(19(30)31)10-15(12)28/h1-6,12,15H,7-10H2,(H,30,31)(H,23,24,26). The molecule has 31 heavy (non-hydrogen) atoms. The van der Waals surface area contributed by atoms with Crippen LogP contribution in [0.5, 0.6) is 0 Å². The van der Waals surface area contributed by atoms with Gasteiger partial charge in [0.05, 0.1) is 21.8 Å². The van der Waals surface area contributed by atoms with Gasteiger partial charge in [0.1, 0.15) is 5.82 Å². The molecule has 4 heterocycles. The van der Waals surface area contributed by atoms with Crippen molar-refractivity contribution in [3.63, 3.8) is 0 Å². The Labute approximate surface area is 187 Å². The van der Waals surface area contributed by atoms with Crippen LogP contribution in [0.3, 0.4) is 0 Å². The fourth-order valence-corrected chi connectivity index (χ4v) is 4.53. The first-order valence-electron chi connectivity index (χ1n) is 9.68. The molecule has 12 heteroatoms. The Bertz CT molecular complexity index is 1140. The van der Waals surface area contributed by atoms with Crippen molar-refractivity contribution >= 4 is 41.1 Å². The van der Waals surface area contributed by atoms with Gasteiger partial charge in [-0.05, 0) is 28.6 Å². The zero-order valence-electron chi connectivity index (χ0n) is 16.2. The molecular weight excluding hydrogens is 443 g/mol. The number of pyridine rings is 1. The number of fused-ring (bicyclic) bond motifs is 1. The van der Waals surface area contributed by atoms with E-state index in [0.717, 1.165) is 17.9 Å². The number of halogens is 2. The molecule has 3 aromatic rings. The summed E-state index contributed by atoms with van der Waals surface area (Å²) in [5.74, 6) is 1.60. The Morgan fingerprint density at radius 3 is 2.90 bits per heavy atom. The van der Waals surface area contributed by atoms with E-state index < -0.39 is 6.09 Å². The molecule has 0 aliphatic carbocycles. The lowest BCUT2D eigenvalue weighted by molar-refractivity contribution is 0.155. The van der Waals surface area contributed by atoms with E-state index in [1.54, 1.807) is 24.4 Å². The fourth-order valence-electron chi connectivity index (χ4n) is 4.15. The van der Waals surface area contributed by atoms with Crippen LogP contribution in [0.25, 0.3) is 5.69 Å². The Morgan fingerprint density at radius 2 is 2.06 bits per heavy atom. The summed E-state index contributed by atoms with van der Waals surface area (Å²) in [7, 11) is 0. The van der Waals surface area contributed by atoms with E-state index >= 15 is 0 Å². The highest BCUT2D eigenvalue weighted by molar-refractivity contribution is 6.43. The van der Waals surface area contributed by atoms with Gasteiger partial charge < -0.3 is 20.2 Å². The summed E-state index contributed by atoms with van der Waals surface area (Å²) in [5.41, 5.74) is 1.53. The number of tetrazole rings is 1. The number of anilines is 2. The zero-order valence-corrected chi connectivity index (χ0v) is 17.7. The van der Waals surface area contributed by atoms with Crippen molar-refractivity contribution in [3.05, 3.63) is 52.1 Å². The molecule has 0 radical (unpaired) electrons. The summed E-state index contributed by atoms with van der Waals surface area (Å²) in [4.78, 5) is 19.5. The van der Waals surface area contributed by atoms with Gasteiger partial charge in [-0.25, -0.2) is 9.78 Å². The van der Waals surface area contributed by atoms with Crippen LogP contribution in [0.2, 0.25) is 10.0 Å². The summed E-state index contributed by atoms with van der Waals surface area (Å²) in [5, 5.41) is 25.1. The van der Waals surface area contributed by atoms with Gasteiger partial charge in [-0.2, -0.15) is 4.68 Å². The van der Waals surface area contributed by atoms with Gasteiger partial charge in [0.2, 0.25) is 5.95 Å². The number of carboxylic acid groups (broad SMARTS) is 1. The average Bonchev–Trinajstić information content (AvgIpc) is 3.34. The molecule has 2 fully saturated rings. The molecule has 2 aliphatic heterocycles. The molecular formula is C19H18Cl2N8O2. The number of benzene rings is 1. The van der Waals surface area contributed by atoms with Gasteiger partial charge in [-0.3, -0.25) is 0 Å².